The third-order valence-corrected chi connectivity index (χ3v) is 2.84. The molecule has 0 atom stereocenters. The fourth-order valence-corrected chi connectivity index (χ4v) is 1.78. The maximum atomic E-state index is 11.0. The number of rotatable bonds is 3. The van der Waals surface area contributed by atoms with Gasteiger partial charge in [0.2, 0.25) is 0 Å². The van der Waals surface area contributed by atoms with E-state index in [2.05, 4.69) is 6.07 Å². The van der Waals surface area contributed by atoms with E-state index in [1.807, 2.05) is 24.1 Å². The first kappa shape index (κ1) is 12.7. The Hall–Kier alpha value is -2.80. The molecule has 0 aromatic heterocycles. The second-order valence-electron chi connectivity index (χ2n) is 4.08. The van der Waals surface area contributed by atoms with Gasteiger partial charge < -0.3 is 10.0 Å². The highest BCUT2D eigenvalue weighted by Crippen LogP contribution is 2.24. The number of hydrogen-bond donors (Lipinski definition) is 1. The molecular weight excluding hydrogens is 240 g/mol. The Morgan fingerprint density at radius 2 is 1.79 bits per heavy atom. The molecule has 0 saturated carbocycles. The molecule has 2 aromatic rings. The molecule has 0 aliphatic carbocycles. The Labute approximate surface area is 111 Å². The number of carboxylic acid groups (broad SMARTS) is 1. The summed E-state index contributed by atoms with van der Waals surface area (Å²) >= 11 is 0. The van der Waals surface area contributed by atoms with Gasteiger partial charge in [-0.2, -0.15) is 5.26 Å². The molecule has 4 heteroatoms. The molecule has 0 saturated heterocycles. The van der Waals surface area contributed by atoms with Crippen molar-refractivity contribution in [3.8, 4) is 6.07 Å². The molecule has 4 nitrogen and oxygen atoms in total. The molecular formula is C15H12N2O2. The Morgan fingerprint density at radius 3 is 2.42 bits per heavy atom. The molecule has 0 spiro atoms. The standard InChI is InChI=1S/C15H12N2O2/c1-17(13-6-2-4-11(8-13)10-16)14-7-3-5-12(9-14)15(18)19/h2-9H,1H3,(H,18,19). The van der Waals surface area contributed by atoms with Crippen LogP contribution in [0.25, 0.3) is 0 Å². The average Bonchev–Trinajstić information content (AvgIpc) is 2.46. The number of carboxylic acids is 1. The quantitative estimate of drug-likeness (QED) is 0.911. The van der Waals surface area contributed by atoms with Crippen molar-refractivity contribution >= 4 is 17.3 Å². The van der Waals surface area contributed by atoms with Crippen LogP contribution in [0.2, 0.25) is 0 Å². The number of aromatic carboxylic acids is 1. The Balaban J connectivity index is 2.38. The number of nitriles is 1. The Kier molecular flexibility index (Phi) is 3.48. The van der Waals surface area contributed by atoms with Crippen molar-refractivity contribution in [1.29, 1.82) is 5.26 Å². The second kappa shape index (κ2) is 5.23. The van der Waals surface area contributed by atoms with Gasteiger partial charge in [0.15, 0.2) is 0 Å². The van der Waals surface area contributed by atoms with Crippen molar-refractivity contribution < 1.29 is 9.90 Å². The number of nitrogens with zero attached hydrogens (tertiary/aromatic N) is 2. The second-order valence-corrected chi connectivity index (χ2v) is 4.08. The van der Waals surface area contributed by atoms with Crippen LogP contribution in [-0.4, -0.2) is 18.1 Å². The third kappa shape index (κ3) is 2.72. The summed E-state index contributed by atoms with van der Waals surface area (Å²) in [5, 5.41) is 17.9. The summed E-state index contributed by atoms with van der Waals surface area (Å²) in [5.41, 5.74) is 2.40. The molecule has 0 aliphatic heterocycles. The molecule has 0 aliphatic rings. The summed E-state index contributed by atoms with van der Waals surface area (Å²) in [6.45, 7) is 0. The molecule has 0 unspecified atom stereocenters. The van der Waals surface area contributed by atoms with Gasteiger partial charge in [0, 0.05) is 18.4 Å². The molecule has 19 heavy (non-hydrogen) atoms. The van der Waals surface area contributed by atoms with Gasteiger partial charge in [-0.3, -0.25) is 0 Å². The summed E-state index contributed by atoms with van der Waals surface area (Å²) in [6, 6.07) is 15.9. The Bertz CT molecular complexity index is 659. The highest BCUT2D eigenvalue weighted by atomic mass is 16.4. The summed E-state index contributed by atoms with van der Waals surface area (Å²) in [4.78, 5) is 12.8. The van der Waals surface area contributed by atoms with Crippen LogP contribution in [0.1, 0.15) is 15.9 Å². The van der Waals surface area contributed by atoms with Crippen molar-refractivity contribution in [1.82, 2.24) is 0 Å². The van der Waals surface area contributed by atoms with Crippen LogP contribution in [0.4, 0.5) is 11.4 Å². The Morgan fingerprint density at radius 1 is 1.16 bits per heavy atom. The molecule has 0 bridgehead atoms. The summed E-state index contributed by atoms with van der Waals surface area (Å²) in [7, 11) is 1.83. The summed E-state index contributed by atoms with van der Waals surface area (Å²) in [5.74, 6) is -0.957. The number of benzene rings is 2. The predicted molar refractivity (Wildman–Crippen MR) is 72.6 cm³/mol. The van der Waals surface area contributed by atoms with E-state index in [1.54, 1.807) is 36.4 Å². The van der Waals surface area contributed by atoms with Gasteiger partial charge in [0.25, 0.3) is 0 Å². The van der Waals surface area contributed by atoms with Crippen LogP contribution in [0, 0.1) is 11.3 Å². The molecule has 94 valence electrons. The molecule has 2 aromatic carbocycles. The van der Waals surface area contributed by atoms with Crippen LogP contribution in [0.5, 0.6) is 0 Å². The normalized spacial score (nSPS) is 9.68. The minimum atomic E-state index is -0.957. The van der Waals surface area contributed by atoms with E-state index >= 15 is 0 Å². The van der Waals surface area contributed by atoms with Crippen molar-refractivity contribution in [2.45, 2.75) is 0 Å². The molecule has 2 rings (SSSR count). The lowest BCUT2D eigenvalue weighted by molar-refractivity contribution is 0.0697. The SMILES string of the molecule is CN(c1cccc(C#N)c1)c1cccc(C(=O)O)c1. The lowest BCUT2D eigenvalue weighted by Crippen LogP contribution is -2.10. The van der Waals surface area contributed by atoms with Crippen LogP contribution in [-0.2, 0) is 0 Å². The number of hydrogen-bond acceptors (Lipinski definition) is 3. The lowest BCUT2D eigenvalue weighted by Gasteiger charge is -2.20. The maximum absolute atomic E-state index is 11.0. The van der Waals surface area contributed by atoms with E-state index in [0.29, 0.717) is 5.56 Å². The first-order valence-electron chi connectivity index (χ1n) is 5.69. The van der Waals surface area contributed by atoms with Crippen molar-refractivity contribution in [2.24, 2.45) is 0 Å². The van der Waals surface area contributed by atoms with Gasteiger partial charge >= 0.3 is 5.97 Å². The van der Waals surface area contributed by atoms with E-state index in [1.165, 1.54) is 0 Å². The van der Waals surface area contributed by atoms with Gasteiger partial charge in [0.05, 0.1) is 17.2 Å². The van der Waals surface area contributed by atoms with Crippen molar-refractivity contribution in [2.75, 3.05) is 11.9 Å². The molecule has 0 heterocycles. The van der Waals surface area contributed by atoms with Gasteiger partial charge in [-0.1, -0.05) is 12.1 Å². The fourth-order valence-electron chi connectivity index (χ4n) is 1.78. The van der Waals surface area contributed by atoms with Crippen molar-refractivity contribution in [3.05, 3.63) is 59.7 Å². The van der Waals surface area contributed by atoms with E-state index < -0.39 is 5.97 Å². The largest absolute Gasteiger partial charge is 0.478 e. The van der Waals surface area contributed by atoms with Crippen LogP contribution >= 0.6 is 0 Å². The van der Waals surface area contributed by atoms with Gasteiger partial charge in [-0.15, -0.1) is 0 Å². The lowest BCUT2D eigenvalue weighted by atomic mass is 10.1. The highest BCUT2D eigenvalue weighted by Gasteiger charge is 2.08. The first-order valence-corrected chi connectivity index (χ1v) is 5.69. The van der Waals surface area contributed by atoms with Gasteiger partial charge in [-0.25, -0.2) is 4.79 Å². The summed E-state index contributed by atoms with van der Waals surface area (Å²) in [6.07, 6.45) is 0. The third-order valence-electron chi connectivity index (χ3n) is 2.84. The first-order chi connectivity index (χ1) is 9.11. The van der Waals surface area contributed by atoms with Crippen LogP contribution < -0.4 is 4.90 Å². The predicted octanol–water partition coefficient (Wildman–Crippen LogP) is 3.02. The number of carbonyl (C=O) groups is 1. The fraction of sp³-hybridized carbons (Fsp3) is 0.0667. The van der Waals surface area contributed by atoms with Crippen LogP contribution in [0.3, 0.4) is 0 Å². The topological polar surface area (TPSA) is 64.3 Å². The minimum Gasteiger partial charge on any atom is -0.478 e. The summed E-state index contributed by atoms with van der Waals surface area (Å²) < 4.78 is 0. The zero-order valence-electron chi connectivity index (χ0n) is 10.4. The maximum Gasteiger partial charge on any atom is 0.335 e. The highest BCUT2D eigenvalue weighted by molar-refractivity contribution is 5.89. The van der Waals surface area contributed by atoms with Crippen molar-refractivity contribution in [3.63, 3.8) is 0 Å². The zero-order valence-corrected chi connectivity index (χ0v) is 10.4. The number of anilines is 2. The van der Waals surface area contributed by atoms with Gasteiger partial charge in [0.1, 0.15) is 0 Å². The van der Waals surface area contributed by atoms with E-state index in [-0.39, 0.29) is 5.56 Å². The molecule has 0 radical (unpaired) electrons. The van der Waals surface area contributed by atoms with Gasteiger partial charge in [-0.05, 0) is 36.4 Å². The molecule has 1 N–H and O–H groups in total. The van der Waals surface area contributed by atoms with E-state index in [4.69, 9.17) is 10.4 Å². The van der Waals surface area contributed by atoms with E-state index in [9.17, 15) is 4.79 Å². The zero-order chi connectivity index (χ0) is 13.8. The molecule has 0 fully saturated rings. The average molecular weight is 252 g/mol. The monoisotopic (exact) mass is 252 g/mol. The molecule has 0 amide bonds. The minimum absolute atomic E-state index is 0.237. The van der Waals surface area contributed by atoms with E-state index in [0.717, 1.165) is 11.4 Å². The van der Waals surface area contributed by atoms with Crippen LogP contribution in [0.15, 0.2) is 48.5 Å². The smallest absolute Gasteiger partial charge is 0.335 e.